The maximum atomic E-state index is 13.9. The van der Waals surface area contributed by atoms with E-state index in [0.717, 1.165) is 34.4 Å². The summed E-state index contributed by atoms with van der Waals surface area (Å²) in [7, 11) is 0. The van der Waals surface area contributed by atoms with Gasteiger partial charge in [0.05, 0.1) is 5.52 Å². The zero-order valence-corrected chi connectivity index (χ0v) is 15.0. The molecule has 27 heavy (non-hydrogen) atoms. The van der Waals surface area contributed by atoms with Crippen LogP contribution in [0, 0.1) is 18.6 Å². The monoisotopic (exact) mass is 367 g/mol. The Bertz CT molecular complexity index is 993. The van der Waals surface area contributed by atoms with E-state index in [0.29, 0.717) is 26.2 Å². The predicted octanol–water partition coefficient (Wildman–Crippen LogP) is 3.78. The molecule has 0 atom stereocenters. The van der Waals surface area contributed by atoms with Crippen LogP contribution in [-0.4, -0.2) is 42.0 Å². The molecule has 0 saturated carbocycles. The van der Waals surface area contributed by atoms with Crippen molar-refractivity contribution in [3.05, 3.63) is 71.3 Å². The highest BCUT2D eigenvalue weighted by molar-refractivity contribution is 5.95. The fourth-order valence-electron chi connectivity index (χ4n) is 3.49. The summed E-state index contributed by atoms with van der Waals surface area (Å²) in [5.41, 5.74) is 1.59. The second-order valence-electron chi connectivity index (χ2n) is 6.69. The van der Waals surface area contributed by atoms with Gasteiger partial charge in [0, 0.05) is 31.6 Å². The number of fused-ring (bicyclic) bond motifs is 1. The van der Waals surface area contributed by atoms with Gasteiger partial charge >= 0.3 is 0 Å². The van der Waals surface area contributed by atoms with Crippen LogP contribution >= 0.6 is 0 Å². The zero-order chi connectivity index (χ0) is 19.0. The number of piperazine rings is 1. The first-order chi connectivity index (χ1) is 13.0. The molecule has 0 aliphatic carbocycles. The van der Waals surface area contributed by atoms with Crippen molar-refractivity contribution in [1.82, 2.24) is 9.88 Å². The van der Waals surface area contributed by atoms with E-state index in [1.54, 1.807) is 0 Å². The summed E-state index contributed by atoms with van der Waals surface area (Å²) in [5.74, 6) is -1.40. The number of aromatic nitrogens is 1. The normalized spacial score (nSPS) is 14.6. The first kappa shape index (κ1) is 17.4. The lowest BCUT2D eigenvalue weighted by molar-refractivity contribution is 0.0736. The lowest BCUT2D eigenvalue weighted by Gasteiger charge is -2.35. The minimum atomic E-state index is -0.825. The minimum Gasteiger partial charge on any atom is -0.353 e. The van der Waals surface area contributed by atoms with Crippen molar-refractivity contribution in [3.63, 3.8) is 0 Å². The van der Waals surface area contributed by atoms with Crippen LogP contribution in [0.3, 0.4) is 0 Å². The number of para-hydroxylation sites is 1. The number of hydrogen-bond donors (Lipinski definition) is 0. The molecule has 0 unspecified atom stereocenters. The first-order valence-corrected chi connectivity index (χ1v) is 8.89. The molecule has 0 spiro atoms. The van der Waals surface area contributed by atoms with Gasteiger partial charge in [-0.1, -0.05) is 24.3 Å². The largest absolute Gasteiger partial charge is 0.353 e. The van der Waals surface area contributed by atoms with Crippen molar-refractivity contribution >= 4 is 22.6 Å². The molecule has 4 nitrogen and oxygen atoms in total. The first-order valence-electron chi connectivity index (χ1n) is 8.89. The van der Waals surface area contributed by atoms with E-state index in [9.17, 15) is 13.6 Å². The molecule has 1 amide bonds. The van der Waals surface area contributed by atoms with Gasteiger partial charge in [-0.25, -0.2) is 13.8 Å². The lowest BCUT2D eigenvalue weighted by atomic mass is 10.1. The predicted molar refractivity (Wildman–Crippen MR) is 101 cm³/mol. The standard InChI is InChI=1S/C21H19F2N3O/c1-14-13-19(24-18-8-3-2-5-15(14)18)25-9-11-26(12-10-25)21(27)20-16(22)6-4-7-17(20)23/h2-8,13H,9-12H2,1H3. The van der Waals surface area contributed by atoms with Gasteiger partial charge in [-0.2, -0.15) is 0 Å². The molecule has 1 aromatic heterocycles. The average Bonchev–Trinajstić information content (AvgIpc) is 2.68. The molecular formula is C21H19F2N3O. The van der Waals surface area contributed by atoms with Gasteiger partial charge in [-0.15, -0.1) is 0 Å². The summed E-state index contributed by atoms with van der Waals surface area (Å²) in [4.78, 5) is 20.8. The van der Waals surface area contributed by atoms with E-state index in [4.69, 9.17) is 4.98 Å². The van der Waals surface area contributed by atoms with E-state index in [-0.39, 0.29) is 0 Å². The van der Waals surface area contributed by atoms with E-state index >= 15 is 0 Å². The lowest BCUT2D eigenvalue weighted by Crippen LogP contribution is -2.49. The summed E-state index contributed by atoms with van der Waals surface area (Å²) in [6.45, 7) is 3.95. The molecule has 2 heterocycles. The van der Waals surface area contributed by atoms with Gasteiger partial charge in [-0.3, -0.25) is 4.79 Å². The van der Waals surface area contributed by atoms with Gasteiger partial charge in [0.25, 0.3) is 5.91 Å². The van der Waals surface area contributed by atoms with Crippen LogP contribution in [0.1, 0.15) is 15.9 Å². The third kappa shape index (κ3) is 3.23. The Kier molecular flexibility index (Phi) is 4.48. The van der Waals surface area contributed by atoms with Crippen molar-refractivity contribution in [2.45, 2.75) is 6.92 Å². The SMILES string of the molecule is Cc1cc(N2CCN(C(=O)c3c(F)cccc3F)CC2)nc2ccccc12. The number of rotatable bonds is 2. The quantitative estimate of drug-likeness (QED) is 0.692. The van der Waals surface area contributed by atoms with Crippen molar-refractivity contribution in [2.24, 2.45) is 0 Å². The summed E-state index contributed by atoms with van der Waals surface area (Å²) in [6.07, 6.45) is 0. The Morgan fingerprint density at radius 3 is 2.33 bits per heavy atom. The number of carbonyl (C=O) groups is 1. The summed E-state index contributed by atoms with van der Waals surface area (Å²) in [6, 6.07) is 13.5. The number of pyridine rings is 1. The molecule has 4 rings (SSSR count). The molecule has 1 saturated heterocycles. The van der Waals surface area contributed by atoms with E-state index in [1.165, 1.54) is 11.0 Å². The van der Waals surface area contributed by atoms with Crippen LogP contribution in [0.4, 0.5) is 14.6 Å². The molecule has 6 heteroatoms. The van der Waals surface area contributed by atoms with Gasteiger partial charge in [0.1, 0.15) is 23.0 Å². The number of benzene rings is 2. The Balaban J connectivity index is 1.52. The van der Waals surface area contributed by atoms with Crippen LogP contribution in [0.25, 0.3) is 10.9 Å². The van der Waals surface area contributed by atoms with Crippen LogP contribution in [-0.2, 0) is 0 Å². The number of halogens is 2. The number of hydrogen-bond acceptors (Lipinski definition) is 3. The maximum absolute atomic E-state index is 13.9. The van der Waals surface area contributed by atoms with Gasteiger partial charge in [0.15, 0.2) is 0 Å². The molecule has 1 aliphatic rings. The fraction of sp³-hybridized carbons (Fsp3) is 0.238. The highest BCUT2D eigenvalue weighted by Gasteiger charge is 2.27. The number of carbonyl (C=O) groups excluding carboxylic acids is 1. The van der Waals surface area contributed by atoms with Crippen LogP contribution in [0.2, 0.25) is 0 Å². The Hall–Kier alpha value is -3.02. The second-order valence-corrected chi connectivity index (χ2v) is 6.69. The van der Waals surface area contributed by atoms with E-state index in [1.807, 2.05) is 37.3 Å². The Morgan fingerprint density at radius 2 is 1.63 bits per heavy atom. The van der Waals surface area contributed by atoms with Crippen LogP contribution in [0.15, 0.2) is 48.5 Å². The minimum absolute atomic E-state index is 0.389. The molecular weight excluding hydrogens is 348 g/mol. The van der Waals surface area contributed by atoms with Gasteiger partial charge < -0.3 is 9.80 Å². The molecule has 0 N–H and O–H groups in total. The molecule has 0 radical (unpaired) electrons. The third-order valence-electron chi connectivity index (χ3n) is 4.98. The smallest absolute Gasteiger partial charge is 0.259 e. The molecule has 0 bridgehead atoms. The topological polar surface area (TPSA) is 36.4 Å². The summed E-state index contributed by atoms with van der Waals surface area (Å²) < 4.78 is 27.8. The molecule has 1 aliphatic heterocycles. The molecule has 3 aromatic rings. The molecule has 138 valence electrons. The van der Waals surface area contributed by atoms with Crippen molar-refractivity contribution < 1.29 is 13.6 Å². The molecule has 2 aromatic carbocycles. The summed E-state index contributed by atoms with van der Waals surface area (Å²) in [5, 5.41) is 1.12. The van der Waals surface area contributed by atoms with Crippen LogP contribution in [0.5, 0.6) is 0 Å². The number of anilines is 1. The van der Waals surface area contributed by atoms with Crippen molar-refractivity contribution in [3.8, 4) is 0 Å². The summed E-state index contributed by atoms with van der Waals surface area (Å²) >= 11 is 0. The number of aryl methyl sites for hydroxylation is 1. The Labute approximate surface area is 156 Å². The fourth-order valence-corrected chi connectivity index (χ4v) is 3.49. The van der Waals surface area contributed by atoms with Gasteiger partial charge in [-0.05, 0) is 36.8 Å². The number of nitrogens with zero attached hydrogens (tertiary/aromatic N) is 3. The Morgan fingerprint density at radius 1 is 0.963 bits per heavy atom. The molecule has 1 fully saturated rings. The second kappa shape index (κ2) is 6.95. The highest BCUT2D eigenvalue weighted by Crippen LogP contribution is 2.24. The van der Waals surface area contributed by atoms with Crippen molar-refractivity contribution in [1.29, 1.82) is 0 Å². The highest BCUT2D eigenvalue weighted by atomic mass is 19.1. The average molecular weight is 367 g/mol. The van der Waals surface area contributed by atoms with E-state index < -0.39 is 23.1 Å². The van der Waals surface area contributed by atoms with Gasteiger partial charge in [0.2, 0.25) is 0 Å². The number of amides is 1. The van der Waals surface area contributed by atoms with Crippen LogP contribution < -0.4 is 4.90 Å². The third-order valence-corrected chi connectivity index (χ3v) is 4.98. The van der Waals surface area contributed by atoms with E-state index in [2.05, 4.69) is 4.90 Å². The zero-order valence-electron chi connectivity index (χ0n) is 15.0. The van der Waals surface area contributed by atoms with Crippen molar-refractivity contribution in [2.75, 3.05) is 31.1 Å². The maximum Gasteiger partial charge on any atom is 0.259 e.